The summed E-state index contributed by atoms with van der Waals surface area (Å²) in [5.74, 6) is 0. The van der Waals surface area contributed by atoms with Gasteiger partial charge in [-0.15, -0.1) is 0 Å². The molecule has 3 aromatic rings. The number of rotatable bonds is 4. The Hall–Kier alpha value is -2.34. The standard InChI is InChI=1S/C15H12BrN3O2/c16-13-5-4-11(8-15(13)19(20)21)18-9-10-2-1-3-14-12(10)6-7-17-14/h1-8,17-18H,9H2. The summed E-state index contributed by atoms with van der Waals surface area (Å²) in [6, 6.07) is 13.1. The smallest absolute Gasteiger partial charge is 0.285 e. The van der Waals surface area contributed by atoms with Crippen molar-refractivity contribution in [3.05, 3.63) is 68.8 Å². The van der Waals surface area contributed by atoms with Crippen molar-refractivity contribution in [1.29, 1.82) is 0 Å². The molecule has 106 valence electrons. The fourth-order valence-corrected chi connectivity index (χ4v) is 2.66. The van der Waals surface area contributed by atoms with Crippen LogP contribution in [0.3, 0.4) is 0 Å². The van der Waals surface area contributed by atoms with Crippen LogP contribution in [0, 0.1) is 10.1 Å². The highest BCUT2D eigenvalue weighted by Gasteiger charge is 2.12. The van der Waals surface area contributed by atoms with Crippen LogP contribution in [0.15, 0.2) is 53.1 Å². The lowest BCUT2D eigenvalue weighted by Gasteiger charge is -2.08. The van der Waals surface area contributed by atoms with Crippen molar-refractivity contribution in [2.45, 2.75) is 6.54 Å². The molecule has 2 N–H and O–H groups in total. The monoisotopic (exact) mass is 345 g/mol. The minimum absolute atomic E-state index is 0.0554. The van der Waals surface area contributed by atoms with E-state index in [4.69, 9.17) is 0 Å². The summed E-state index contributed by atoms with van der Waals surface area (Å²) in [5, 5.41) is 15.3. The normalized spacial score (nSPS) is 10.7. The molecule has 3 rings (SSSR count). The Morgan fingerprint density at radius 1 is 1.24 bits per heavy atom. The van der Waals surface area contributed by atoms with Gasteiger partial charge >= 0.3 is 0 Å². The van der Waals surface area contributed by atoms with E-state index in [0.29, 0.717) is 11.0 Å². The van der Waals surface area contributed by atoms with Gasteiger partial charge in [0.15, 0.2) is 0 Å². The molecule has 0 aliphatic rings. The number of halogens is 1. The van der Waals surface area contributed by atoms with Crippen molar-refractivity contribution in [2.24, 2.45) is 0 Å². The molecule has 0 aliphatic carbocycles. The summed E-state index contributed by atoms with van der Waals surface area (Å²) in [6.07, 6.45) is 1.90. The molecule has 0 atom stereocenters. The van der Waals surface area contributed by atoms with E-state index in [2.05, 4.69) is 26.2 Å². The van der Waals surface area contributed by atoms with Crippen molar-refractivity contribution in [3.63, 3.8) is 0 Å². The van der Waals surface area contributed by atoms with E-state index in [-0.39, 0.29) is 5.69 Å². The van der Waals surface area contributed by atoms with E-state index in [0.717, 1.165) is 22.2 Å². The molecular formula is C15H12BrN3O2. The lowest BCUT2D eigenvalue weighted by molar-refractivity contribution is -0.385. The maximum atomic E-state index is 10.9. The molecule has 0 amide bonds. The summed E-state index contributed by atoms with van der Waals surface area (Å²) >= 11 is 3.18. The van der Waals surface area contributed by atoms with Crippen LogP contribution in [-0.2, 0) is 6.54 Å². The number of anilines is 1. The van der Waals surface area contributed by atoms with Crippen molar-refractivity contribution < 1.29 is 4.92 Å². The molecule has 0 fully saturated rings. The molecule has 0 aliphatic heterocycles. The van der Waals surface area contributed by atoms with Gasteiger partial charge < -0.3 is 10.3 Å². The number of nitro groups is 1. The molecule has 0 saturated heterocycles. The number of hydrogen-bond donors (Lipinski definition) is 2. The fourth-order valence-electron chi connectivity index (χ4n) is 2.26. The molecule has 21 heavy (non-hydrogen) atoms. The second kappa shape index (κ2) is 5.57. The maximum absolute atomic E-state index is 10.9. The third-order valence-electron chi connectivity index (χ3n) is 3.31. The van der Waals surface area contributed by atoms with Gasteiger partial charge in [-0.3, -0.25) is 10.1 Å². The Labute approximate surface area is 129 Å². The highest BCUT2D eigenvalue weighted by atomic mass is 79.9. The average Bonchev–Trinajstić information content (AvgIpc) is 2.95. The fraction of sp³-hybridized carbons (Fsp3) is 0.0667. The molecule has 1 heterocycles. The van der Waals surface area contributed by atoms with Crippen molar-refractivity contribution in [1.82, 2.24) is 4.98 Å². The number of nitro benzene ring substituents is 1. The van der Waals surface area contributed by atoms with Crippen molar-refractivity contribution >= 4 is 38.2 Å². The van der Waals surface area contributed by atoms with Gasteiger partial charge in [-0.25, -0.2) is 0 Å². The Morgan fingerprint density at radius 2 is 2.10 bits per heavy atom. The van der Waals surface area contributed by atoms with E-state index < -0.39 is 4.92 Å². The van der Waals surface area contributed by atoms with Gasteiger partial charge in [0.2, 0.25) is 0 Å². The summed E-state index contributed by atoms with van der Waals surface area (Å²) < 4.78 is 0.478. The molecule has 0 radical (unpaired) electrons. The lowest BCUT2D eigenvalue weighted by Crippen LogP contribution is -2.00. The topological polar surface area (TPSA) is 71.0 Å². The summed E-state index contributed by atoms with van der Waals surface area (Å²) in [5.41, 5.74) is 2.99. The molecule has 1 aromatic heterocycles. The van der Waals surface area contributed by atoms with Gasteiger partial charge in [-0.05, 0) is 45.8 Å². The first-order chi connectivity index (χ1) is 10.1. The van der Waals surface area contributed by atoms with E-state index in [1.165, 1.54) is 6.07 Å². The first-order valence-corrected chi connectivity index (χ1v) is 7.17. The number of fused-ring (bicyclic) bond motifs is 1. The minimum Gasteiger partial charge on any atom is -0.381 e. The van der Waals surface area contributed by atoms with Gasteiger partial charge in [-0.1, -0.05) is 12.1 Å². The van der Waals surface area contributed by atoms with Crippen LogP contribution in [0.4, 0.5) is 11.4 Å². The number of aromatic amines is 1. The van der Waals surface area contributed by atoms with E-state index in [1.54, 1.807) is 6.07 Å². The van der Waals surface area contributed by atoms with Gasteiger partial charge in [0.25, 0.3) is 5.69 Å². The molecule has 0 bridgehead atoms. The molecule has 0 spiro atoms. The Balaban J connectivity index is 1.83. The number of benzene rings is 2. The van der Waals surface area contributed by atoms with Crippen LogP contribution in [0.2, 0.25) is 0 Å². The quantitative estimate of drug-likeness (QED) is 0.542. The zero-order valence-corrected chi connectivity index (χ0v) is 12.6. The summed E-state index contributed by atoms with van der Waals surface area (Å²) in [6.45, 7) is 0.605. The Bertz CT molecular complexity index is 814. The molecule has 0 saturated carbocycles. The first-order valence-electron chi connectivity index (χ1n) is 6.38. The largest absolute Gasteiger partial charge is 0.381 e. The van der Waals surface area contributed by atoms with Crippen molar-refractivity contribution in [2.75, 3.05) is 5.32 Å². The Morgan fingerprint density at radius 3 is 2.90 bits per heavy atom. The van der Waals surface area contributed by atoms with Crippen LogP contribution in [0.1, 0.15) is 5.56 Å². The third kappa shape index (κ3) is 2.75. The molecular weight excluding hydrogens is 334 g/mol. The molecule has 5 nitrogen and oxygen atoms in total. The van der Waals surface area contributed by atoms with Gasteiger partial charge in [0, 0.05) is 35.4 Å². The highest BCUT2D eigenvalue weighted by Crippen LogP contribution is 2.28. The lowest BCUT2D eigenvalue weighted by atomic mass is 10.1. The van der Waals surface area contributed by atoms with Crippen LogP contribution in [-0.4, -0.2) is 9.91 Å². The van der Waals surface area contributed by atoms with E-state index in [9.17, 15) is 10.1 Å². The summed E-state index contributed by atoms with van der Waals surface area (Å²) in [4.78, 5) is 13.7. The van der Waals surface area contributed by atoms with Crippen LogP contribution in [0.5, 0.6) is 0 Å². The van der Waals surface area contributed by atoms with Crippen LogP contribution in [0.25, 0.3) is 10.9 Å². The van der Waals surface area contributed by atoms with Gasteiger partial charge in [0.05, 0.1) is 9.40 Å². The molecule has 0 unspecified atom stereocenters. The first kappa shape index (κ1) is 13.6. The SMILES string of the molecule is O=[N+]([O-])c1cc(NCc2cccc3[nH]ccc23)ccc1Br. The van der Waals surface area contributed by atoms with Crippen LogP contribution < -0.4 is 5.32 Å². The predicted octanol–water partition coefficient (Wildman–Crippen LogP) is 4.45. The number of nitrogens with one attached hydrogen (secondary N) is 2. The average molecular weight is 346 g/mol. The van der Waals surface area contributed by atoms with Crippen molar-refractivity contribution in [3.8, 4) is 0 Å². The minimum atomic E-state index is -0.401. The predicted molar refractivity (Wildman–Crippen MR) is 86.4 cm³/mol. The third-order valence-corrected chi connectivity index (χ3v) is 3.98. The number of nitrogens with zero attached hydrogens (tertiary/aromatic N) is 1. The van der Waals surface area contributed by atoms with Gasteiger partial charge in [0.1, 0.15) is 0 Å². The number of hydrogen-bond acceptors (Lipinski definition) is 3. The van der Waals surface area contributed by atoms with Gasteiger partial charge in [-0.2, -0.15) is 0 Å². The zero-order valence-electron chi connectivity index (χ0n) is 11.0. The number of H-pyrrole nitrogens is 1. The van der Waals surface area contributed by atoms with E-state index in [1.807, 2.05) is 36.5 Å². The molecule has 2 aromatic carbocycles. The second-order valence-corrected chi connectivity index (χ2v) is 5.49. The second-order valence-electron chi connectivity index (χ2n) is 4.63. The summed E-state index contributed by atoms with van der Waals surface area (Å²) in [7, 11) is 0. The highest BCUT2D eigenvalue weighted by molar-refractivity contribution is 9.10. The Kier molecular flexibility index (Phi) is 3.62. The van der Waals surface area contributed by atoms with E-state index >= 15 is 0 Å². The maximum Gasteiger partial charge on any atom is 0.285 e. The number of aromatic nitrogens is 1. The zero-order chi connectivity index (χ0) is 14.8. The molecule has 6 heteroatoms. The van der Waals surface area contributed by atoms with Crippen LogP contribution >= 0.6 is 15.9 Å².